The topological polar surface area (TPSA) is 76.1 Å². The van der Waals surface area contributed by atoms with Crippen molar-refractivity contribution >= 4 is 41.7 Å². The van der Waals surface area contributed by atoms with Gasteiger partial charge in [0.05, 0.1) is 0 Å². The summed E-state index contributed by atoms with van der Waals surface area (Å²) in [6.45, 7) is 9.61. The number of piperazine rings is 1. The predicted octanol–water partition coefficient (Wildman–Crippen LogP) is 2.09. The number of pyridine rings is 1. The maximum absolute atomic E-state index is 12.4. The Labute approximate surface area is 215 Å². The Morgan fingerprint density at radius 2 is 1.82 bits per heavy atom. The number of aryl methyl sites for hydroxylation is 1. The van der Waals surface area contributed by atoms with Crippen LogP contribution in [-0.2, 0) is 4.79 Å². The number of carbonyl (C=O) groups is 1. The van der Waals surface area contributed by atoms with Crippen LogP contribution in [0.4, 0.5) is 5.82 Å². The summed E-state index contributed by atoms with van der Waals surface area (Å²) < 4.78 is 0. The maximum atomic E-state index is 12.4. The summed E-state index contributed by atoms with van der Waals surface area (Å²) in [6, 6.07) is 4.68. The van der Waals surface area contributed by atoms with Gasteiger partial charge >= 0.3 is 0 Å². The molecule has 9 heteroatoms. The van der Waals surface area contributed by atoms with Gasteiger partial charge in [-0.3, -0.25) is 14.7 Å². The van der Waals surface area contributed by atoms with Crippen LogP contribution in [0.3, 0.4) is 0 Å². The molecule has 184 valence electrons. The Bertz CT molecular complexity index is 768. The Morgan fingerprint density at radius 1 is 1.09 bits per heavy atom. The van der Waals surface area contributed by atoms with E-state index in [0.29, 0.717) is 17.9 Å². The molecule has 1 aromatic rings. The minimum absolute atomic E-state index is 0. The number of hydrogen-bond donors (Lipinski definition) is 2. The van der Waals surface area contributed by atoms with Crippen LogP contribution in [0.15, 0.2) is 23.3 Å². The van der Waals surface area contributed by atoms with E-state index in [2.05, 4.69) is 54.4 Å². The molecule has 4 rings (SSSR count). The molecule has 1 aromatic heterocycles. The lowest BCUT2D eigenvalue weighted by Gasteiger charge is -2.38. The zero-order valence-corrected chi connectivity index (χ0v) is 22.5. The van der Waals surface area contributed by atoms with Crippen LogP contribution >= 0.6 is 24.0 Å². The van der Waals surface area contributed by atoms with Crippen molar-refractivity contribution in [3.05, 3.63) is 23.9 Å². The molecular weight excluding hydrogens is 529 g/mol. The van der Waals surface area contributed by atoms with Gasteiger partial charge < -0.3 is 20.4 Å². The van der Waals surface area contributed by atoms with Gasteiger partial charge in [0.2, 0.25) is 5.91 Å². The van der Waals surface area contributed by atoms with Gasteiger partial charge in [-0.1, -0.05) is 12.5 Å². The number of aliphatic imine (C=N–C) groups is 1. The first-order chi connectivity index (χ1) is 15.6. The number of piperidine rings is 1. The summed E-state index contributed by atoms with van der Waals surface area (Å²) in [5.41, 5.74) is 1.20. The van der Waals surface area contributed by atoms with Crippen molar-refractivity contribution in [2.45, 2.75) is 45.1 Å². The molecule has 0 unspecified atom stereocenters. The second-order valence-electron chi connectivity index (χ2n) is 9.39. The SMILES string of the molecule is CN=C(NCCN1CCN(C(=O)C2CCC2)CC1)NC1CCN(c2ccc(C)cn2)CC1.I. The Kier molecular flexibility index (Phi) is 10.0. The summed E-state index contributed by atoms with van der Waals surface area (Å²) in [5.74, 6) is 2.67. The van der Waals surface area contributed by atoms with E-state index >= 15 is 0 Å². The molecule has 2 N–H and O–H groups in total. The zero-order chi connectivity index (χ0) is 22.3. The molecule has 0 spiro atoms. The summed E-state index contributed by atoms with van der Waals surface area (Å²) in [6.07, 6.45) is 7.51. The molecule has 0 radical (unpaired) electrons. The highest BCUT2D eigenvalue weighted by atomic mass is 127. The highest BCUT2D eigenvalue weighted by Crippen LogP contribution is 2.28. The van der Waals surface area contributed by atoms with Crippen LogP contribution in [0.25, 0.3) is 0 Å². The largest absolute Gasteiger partial charge is 0.356 e. The number of amides is 1. The van der Waals surface area contributed by atoms with E-state index in [9.17, 15) is 4.79 Å². The Hall–Kier alpha value is -1.62. The third-order valence-corrected chi connectivity index (χ3v) is 7.14. The number of nitrogens with zero attached hydrogens (tertiary/aromatic N) is 5. The molecular formula is C24H40IN7O. The van der Waals surface area contributed by atoms with Crippen molar-refractivity contribution in [1.82, 2.24) is 25.4 Å². The zero-order valence-electron chi connectivity index (χ0n) is 20.1. The molecule has 1 amide bonds. The summed E-state index contributed by atoms with van der Waals surface area (Å²) in [7, 11) is 1.84. The lowest BCUT2D eigenvalue weighted by atomic mass is 9.84. The van der Waals surface area contributed by atoms with Crippen molar-refractivity contribution in [2.24, 2.45) is 10.9 Å². The lowest BCUT2D eigenvalue weighted by molar-refractivity contribution is -0.139. The van der Waals surface area contributed by atoms with E-state index in [1.807, 2.05) is 13.2 Å². The van der Waals surface area contributed by atoms with E-state index in [1.165, 1.54) is 12.0 Å². The third kappa shape index (κ3) is 7.18. The Balaban J connectivity index is 0.00000306. The molecule has 0 aromatic carbocycles. The first-order valence-electron chi connectivity index (χ1n) is 12.3. The molecule has 1 aliphatic carbocycles. The lowest BCUT2D eigenvalue weighted by Crippen LogP contribution is -2.53. The quantitative estimate of drug-likeness (QED) is 0.311. The molecule has 3 aliphatic rings. The van der Waals surface area contributed by atoms with E-state index < -0.39 is 0 Å². The van der Waals surface area contributed by atoms with Crippen LogP contribution in [-0.4, -0.2) is 92.1 Å². The van der Waals surface area contributed by atoms with E-state index in [4.69, 9.17) is 0 Å². The number of nitrogens with one attached hydrogen (secondary N) is 2. The van der Waals surface area contributed by atoms with Gasteiger partial charge in [0.15, 0.2) is 5.96 Å². The fourth-order valence-corrected chi connectivity index (χ4v) is 4.73. The molecule has 0 bridgehead atoms. The predicted molar refractivity (Wildman–Crippen MR) is 144 cm³/mol. The number of hydrogen-bond acceptors (Lipinski definition) is 5. The van der Waals surface area contributed by atoms with Gasteiger partial charge in [-0.15, -0.1) is 24.0 Å². The van der Waals surface area contributed by atoms with Crippen LogP contribution in [0.2, 0.25) is 0 Å². The summed E-state index contributed by atoms with van der Waals surface area (Å²) >= 11 is 0. The number of halogens is 1. The molecule has 33 heavy (non-hydrogen) atoms. The first-order valence-corrected chi connectivity index (χ1v) is 12.3. The molecule has 3 fully saturated rings. The molecule has 3 heterocycles. The van der Waals surface area contributed by atoms with Crippen molar-refractivity contribution in [3.63, 3.8) is 0 Å². The van der Waals surface area contributed by atoms with Gasteiger partial charge in [0.25, 0.3) is 0 Å². The van der Waals surface area contributed by atoms with Crippen molar-refractivity contribution < 1.29 is 4.79 Å². The monoisotopic (exact) mass is 569 g/mol. The van der Waals surface area contributed by atoms with Crippen molar-refractivity contribution in [1.29, 1.82) is 0 Å². The smallest absolute Gasteiger partial charge is 0.225 e. The minimum atomic E-state index is 0. The molecule has 0 atom stereocenters. The second-order valence-corrected chi connectivity index (χ2v) is 9.39. The molecule has 1 saturated carbocycles. The molecule has 8 nitrogen and oxygen atoms in total. The minimum Gasteiger partial charge on any atom is -0.356 e. The van der Waals surface area contributed by atoms with Gasteiger partial charge in [-0.2, -0.15) is 0 Å². The first kappa shape index (κ1) is 26.0. The molecule has 2 saturated heterocycles. The van der Waals surface area contributed by atoms with Gasteiger partial charge in [-0.25, -0.2) is 4.98 Å². The fourth-order valence-electron chi connectivity index (χ4n) is 4.73. The maximum Gasteiger partial charge on any atom is 0.225 e. The van der Waals surface area contributed by atoms with E-state index in [1.54, 1.807) is 0 Å². The van der Waals surface area contributed by atoms with Crippen LogP contribution in [0.1, 0.15) is 37.7 Å². The number of aromatic nitrogens is 1. The number of guanidine groups is 1. The fraction of sp³-hybridized carbons (Fsp3) is 0.708. The Morgan fingerprint density at radius 3 is 2.39 bits per heavy atom. The van der Waals surface area contributed by atoms with Gasteiger partial charge in [-0.05, 0) is 44.2 Å². The van der Waals surface area contributed by atoms with Gasteiger partial charge in [0.1, 0.15) is 5.82 Å². The summed E-state index contributed by atoms with van der Waals surface area (Å²) in [5, 5.41) is 7.07. The molecule has 2 aliphatic heterocycles. The van der Waals surface area contributed by atoms with Crippen molar-refractivity contribution in [2.75, 3.05) is 64.3 Å². The number of carbonyl (C=O) groups excluding carboxylic acids is 1. The van der Waals surface area contributed by atoms with Crippen LogP contribution in [0, 0.1) is 12.8 Å². The highest BCUT2D eigenvalue weighted by Gasteiger charge is 2.31. The van der Waals surface area contributed by atoms with Crippen molar-refractivity contribution in [3.8, 4) is 0 Å². The number of rotatable bonds is 6. The third-order valence-electron chi connectivity index (χ3n) is 7.14. The normalized spacial score (nSPS) is 20.7. The standard InChI is InChI=1S/C24H39N7O.HI/c1-19-6-7-22(27-18-19)30-11-8-21(9-12-30)28-24(25-2)26-10-13-29-14-16-31(17-15-29)23(32)20-4-3-5-20;/h6-7,18,20-21H,3-5,8-17H2,1-2H3,(H2,25,26,28);1H. The van der Waals surface area contributed by atoms with E-state index in [-0.39, 0.29) is 24.0 Å². The summed E-state index contributed by atoms with van der Waals surface area (Å²) in [4.78, 5) is 28.3. The van der Waals surface area contributed by atoms with Gasteiger partial charge in [0, 0.05) is 77.6 Å². The average molecular weight is 570 g/mol. The number of anilines is 1. The van der Waals surface area contributed by atoms with Crippen LogP contribution in [0.5, 0.6) is 0 Å². The van der Waals surface area contributed by atoms with Crippen LogP contribution < -0.4 is 15.5 Å². The van der Waals surface area contributed by atoms with E-state index in [0.717, 1.165) is 89.8 Å². The average Bonchev–Trinajstić information content (AvgIpc) is 2.79. The highest BCUT2D eigenvalue weighted by molar-refractivity contribution is 14.0. The second kappa shape index (κ2) is 12.7.